The van der Waals surface area contributed by atoms with Gasteiger partial charge in [0.2, 0.25) is 0 Å². The maximum Gasteiger partial charge on any atom is 0.321 e. The maximum atomic E-state index is 13.8. The summed E-state index contributed by atoms with van der Waals surface area (Å²) >= 11 is 0. The number of aromatic nitrogens is 1. The highest BCUT2D eigenvalue weighted by Gasteiger charge is 2.40. The minimum atomic E-state index is -0.436. The summed E-state index contributed by atoms with van der Waals surface area (Å²) in [6.45, 7) is 12.5. The standard InChI is InChI=1S/C33H38N4O3/c1-6-37(7-2)17-18-40-24-14-16-25-27(20-24)33(3,4)31-29(30(25)38)26-15-13-23(19-28(26)35-31)36(5)32(39)34-21-22-11-9-8-10-12-22/h8-16,19-20,35H,6-7,17-18,21H2,1-5H3,(H,34,39). The van der Waals surface area contributed by atoms with E-state index in [1.54, 1.807) is 11.9 Å². The number of nitrogens with one attached hydrogen (secondary N) is 2. The van der Waals surface area contributed by atoms with Gasteiger partial charge in [0.1, 0.15) is 12.4 Å². The number of anilines is 1. The molecule has 40 heavy (non-hydrogen) atoms. The van der Waals surface area contributed by atoms with Crippen molar-refractivity contribution in [1.29, 1.82) is 0 Å². The Morgan fingerprint density at radius 2 is 1.75 bits per heavy atom. The van der Waals surface area contributed by atoms with Crippen LogP contribution in [0.15, 0.2) is 66.7 Å². The highest BCUT2D eigenvalue weighted by molar-refractivity contribution is 6.20. The molecular formula is C33H38N4O3. The molecule has 1 aliphatic rings. The average Bonchev–Trinajstić information content (AvgIpc) is 3.37. The molecule has 1 heterocycles. The molecule has 0 atom stereocenters. The summed E-state index contributed by atoms with van der Waals surface area (Å²) in [4.78, 5) is 34.1. The summed E-state index contributed by atoms with van der Waals surface area (Å²) in [5.74, 6) is 0.781. The topological polar surface area (TPSA) is 77.7 Å². The lowest BCUT2D eigenvalue weighted by Gasteiger charge is -2.32. The highest BCUT2D eigenvalue weighted by Crippen LogP contribution is 2.45. The monoisotopic (exact) mass is 538 g/mol. The van der Waals surface area contributed by atoms with Crippen molar-refractivity contribution in [2.24, 2.45) is 0 Å². The number of ether oxygens (including phenoxy) is 1. The number of aromatic amines is 1. The van der Waals surface area contributed by atoms with Gasteiger partial charge in [0.25, 0.3) is 0 Å². The quantitative estimate of drug-likeness (QED) is 0.270. The van der Waals surface area contributed by atoms with Crippen molar-refractivity contribution in [3.8, 4) is 5.75 Å². The first-order valence-electron chi connectivity index (χ1n) is 14.0. The number of likely N-dealkylation sites (N-methyl/N-ethyl adjacent to an activating group) is 1. The number of hydrogen-bond acceptors (Lipinski definition) is 4. The van der Waals surface area contributed by atoms with Crippen LogP contribution in [-0.4, -0.2) is 55.0 Å². The summed E-state index contributed by atoms with van der Waals surface area (Å²) in [7, 11) is 1.75. The summed E-state index contributed by atoms with van der Waals surface area (Å²) in [6.07, 6.45) is 0. The molecule has 1 aromatic heterocycles. The molecule has 2 N–H and O–H groups in total. The Morgan fingerprint density at radius 3 is 2.48 bits per heavy atom. The molecule has 208 valence electrons. The number of fused-ring (bicyclic) bond motifs is 4. The molecule has 0 bridgehead atoms. The second-order valence-electron chi connectivity index (χ2n) is 10.8. The van der Waals surface area contributed by atoms with Crippen LogP contribution in [0.4, 0.5) is 10.5 Å². The van der Waals surface area contributed by atoms with Gasteiger partial charge < -0.3 is 19.9 Å². The first kappa shape index (κ1) is 27.5. The number of nitrogens with zero attached hydrogens (tertiary/aromatic N) is 2. The van der Waals surface area contributed by atoms with E-state index in [1.807, 2.05) is 66.7 Å². The van der Waals surface area contributed by atoms with E-state index >= 15 is 0 Å². The Morgan fingerprint density at radius 1 is 1.00 bits per heavy atom. The number of ketones is 1. The number of rotatable bonds is 9. The summed E-state index contributed by atoms with van der Waals surface area (Å²) < 4.78 is 6.09. The second kappa shape index (κ2) is 11.2. The van der Waals surface area contributed by atoms with E-state index in [9.17, 15) is 9.59 Å². The minimum Gasteiger partial charge on any atom is -0.492 e. The molecule has 4 aromatic rings. The third-order valence-electron chi connectivity index (χ3n) is 8.09. The predicted molar refractivity (Wildman–Crippen MR) is 161 cm³/mol. The zero-order valence-corrected chi connectivity index (χ0v) is 24.0. The van der Waals surface area contributed by atoms with Crippen LogP contribution in [0.1, 0.15) is 60.4 Å². The molecule has 2 amide bonds. The zero-order chi connectivity index (χ0) is 28.4. The van der Waals surface area contributed by atoms with Crippen molar-refractivity contribution < 1.29 is 14.3 Å². The van der Waals surface area contributed by atoms with Crippen LogP contribution in [0.5, 0.6) is 5.75 Å². The molecule has 3 aromatic carbocycles. The Balaban J connectivity index is 1.39. The van der Waals surface area contributed by atoms with Crippen molar-refractivity contribution in [3.05, 3.63) is 94.7 Å². The van der Waals surface area contributed by atoms with Crippen LogP contribution in [-0.2, 0) is 12.0 Å². The summed E-state index contributed by atoms with van der Waals surface area (Å²) in [5, 5.41) is 3.83. The van der Waals surface area contributed by atoms with Gasteiger partial charge in [-0.3, -0.25) is 9.69 Å². The van der Waals surface area contributed by atoms with Gasteiger partial charge in [-0.05, 0) is 54.5 Å². The van der Waals surface area contributed by atoms with Crippen LogP contribution < -0.4 is 15.0 Å². The number of carbonyl (C=O) groups excluding carboxylic acids is 2. The molecule has 0 saturated carbocycles. The molecule has 0 spiro atoms. The van der Waals surface area contributed by atoms with Gasteiger partial charge in [0.05, 0.1) is 5.56 Å². The van der Waals surface area contributed by atoms with E-state index in [1.165, 1.54) is 0 Å². The molecule has 0 radical (unpaired) electrons. The molecule has 1 aliphatic carbocycles. The summed E-state index contributed by atoms with van der Waals surface area (Å²) in [6, 6.07) is 21.2. The Kier molecular flexibility index (Phi) is 7.68. The van der Waals surface area contributed by atoms with E-state index in [-0.39, 0.29) is 11.8 Å². The summed E-state index contributed by atoms with van der Waals surface area (Å²) in [5.41, 5.74) is 5.41. The first-order valence-corrected chi connectivity index (χ1v) is 14.0. The lowest BCUT2D eigenvalue weighted by molar-refractivity contribution is 0.103. The maximum absolute atomic E-state index is 13.8. The van der Waals surface area contributed by atoms with E-state index in [2.05, 4.69) is 42.9 Å². The Bertz CT molecular complexity index is 1540. The number of hydrogen-bond donors (Lipinski definition) is 2. The predicted octanol–water partition coefficient (Wildman–Crippen LogP) is 6.10. The number of urea groups is 1. The van der Waals surface area contributed by atoms with Crippen LogP contribution in [0.2, 0.25) is 0 Å². The second-order valence-corrected chi connectivity index (χ2v) is 10.8. The third kappa shape index (κ3) is 5.09. The lowest BCUT2D eigenvalue weighted by Crippen LogP contribution is -2.36. The van der Waals surface area contributed by atoms with Crippen LogP contribution in [0.25, 0.3) is 10.9 Å². The Hall–Kier alpha value is -4.10. The molecular weight excluding hydrogens is 500 g/mol. The molecule has 7 nitrogen and oxygen atoms in total. The van der Waals surface area contributed by atoms with Gasteiger partial charge >= 0.3 is 6.03 Å². The first-order chi connectivity index (χ1) is 19.2. The number of amides is 2. The van der Waals surface area contributed by atoms with Crippen LogP contribution in [0.3, 0.4) is 0 Å². The Labute approximate surface area is 236 Å². The molecule has 0 saturated heterocycles. The average molecular weight is 539 g/mol. The van der Waals surface area contributed by atoms with Crippen molar-refractivity contribution in [2.75, 3.05) is 38.2 Å². The molecule has 5 rings (SSSR count). The molecule has 0 fully saturated rings. The van der Waals surface area contributed by atoms with Crippen molar-refractivity contribution in [3.63, 3.8) is 0 Å². The van der Waals surface area contributed by atoms with Crippen LogP contribution in [0, 0.1) is 0 Å². The van der Waals surface area contributed by atoms with Crippen molar-refractivity contribution >= 4 is 28.4 Å². The number of carbonyl (C=O) groups is 2. The smallest absolute Gasteiger partial charge is 0.321 e. The SMILES string of the molecule is CCN(CC)CCOc1ccc2c(c1)C(C)(C)c1[nH]c3cc(N(C)C(=O)NCc4ccccc4)ccc3c1C2=O. The third-order valence-corrected chi connectivity index (χ3v) is 8.09. The fourth-order valence-electron chi connectivity index (χ4n) is 5.54. The lowest BCUT2D eigenvalue weighted by atomic mass is 9.71. The zero-order valence-electron chi connectivity index (χ0n) is 24.0. The van der Waals surface area contributed by atoms with Crippen molar-refractivity contribution in [2.45, 2.75) is 39.7 Å². The van der Waals surface area contributed by atoms with Crippen LogP contribution >= 0.6 is 0 Å². The van der Waals surface area contributed by atoms with E-state index in [0.717, 1.165) is 58.8 Å². The van der Waals surface area contributed by atoms with E-state index in [0.29, 0.717) is 24.3 Å². The van der Waals surface area contributed by atoms with Gasteiger partial charge in [0.15, 0.2) is 5.78 Å². The van der Waals surface area contributed by atoms with Gasteiger partial charge in [-0.15, -0.1) is 0 Å². The van der Waals surface area contributed by atoms with Gasteiger partial charge in [-0.1, -0.05) is 64.1 Å². The fourth-order valence-corrected chi connectivity index (χ4v) is 5.54. The minimum absolute atomic E-state index is 0.00646. The van der Waals surface area contributed by atoms with Gasteiger partial charge in [-0.2, -0.15) is 0 Å². The molecule has 0 aliphatic heterocycles. The molecule has 0 unspecified atom stereocenters. The number of benzene rings is 3. The largest absolute Gasteiger partial charge is 0.492 e. The highest BCUT2D eigenvalue weighted by atomic mass is 16.5. The van der Waals surface area contributed by atoms with Gasteiger partial charge in [-0.25, -0.2) is 4.79 Å². The van der Waals surface area contributed by atoms with E-state index < -0.39 is 5.41 Å². The molecule has 7 heteroatoms. The van der Waals surface area contributed by atoms with Crippen molar-refractivity contribution in [1.82, 2.24) is 15.2 Å². The number of H-pyrrole nitrogens is 1. The normalized spacial score (nSPS) is 13.7. The fraction of sp³-hybridized carbons (Fsp3) is 0.333. The van der Waals surface area contributed by atoms with Gasteiger partial charge in [0, 0.05) is 53.4 Å². The van der Waals surface area contributed by atoms with E-state index in [4.69, 9.17) is 4.74 Å².